The minimum Gasteiger partial charge on any atom is -0.491 e. The number of aliphatic hydroxyl groups is 1. The van der Waals surface area contributed by atoms with Crippen molar-refractivity contribution in [3.05, 3.63) is 29.8 Å². The summed E-state index contributed by atoms with van der Waals surface area (Å²) in [4.78, 5) is 0. The van der Waals surface area contributed by atoms with Crippen molar-refractivity contribution in [2.45, 2.75) is 39.4 Å². The van der Waals surface area contributed by atoms with Crippen molar-refractivity contribution >= 4 is 0 Å². The summed E-state index contributed by atoms with van der Waals surface area (Å²) in [6.45, 7) is 5.92. The van der Waals surface area contributed by atoms with Crippen LogP contribution in [0.2, 0.25) is 0 Å². The maximum absolute atomic E-state index is 9.74. The van der Waals surface area contributed by atoms with Gasteiger partial charge in [0.1, 0.15) is 5.75 Å². The molecule has 0 aromatic heterocycles. The molecule has 0 amide bonds. The van der Waals surface area contributed by atoms with E-state index in [2.05, 4.69) is 0 Å². The summed E-state index contributed by atoms with van der Waals surface area (Å²) in [7, 11) is 0. The summed E-state index contributed by atoms with van der Waals surface area (Å²) in [6.07, 6.45) is 0.420. The smallest absolute Gasteiger partial charge is 0.125 e. The topological polar surface area (TPSA) is 29.5 Å². The van der Waals surface area contributed by atoms with Gasteiger partial charge in [-0.15, -0.1) is 0 Å². The number of para-hydroxylation sites is 1. The van der Waals surface area contributed by atoms with E-state index >= 15 is 0 Å². The van der Waals surface area contributed by atoms with Gasteiger partial charge in [0, 0.05) is 5.56 Å². The number of benzene rings is 1. The van der Waals surface area contributed by atoms with Crippen LogP contribution in [0.1, 0.15) is 38.9 Å². The van der Waals surface area contributed by atoms with Crippen LogP contribution >= 0.6 is 0 Å². The quantitative estimate of drug-likeness (QED) is 0.798. The highest BCUT2D eigenvalue weighted by molar-refractivity contribution is 5.35. The molecule has 1 rings (SSSR count). The van der Waals surface area contributed by atoms with Crippen LogP contribution in [0, 0.1) is 0 Å². The molecule has 14 heavy (non-hydrogen) atoms. The van der Waals surface area contributed by atoms with E-state index in [0.29, 0.717) is 6.42 Å². The normalized spacial score (nSPS) is 12.9. The molecule has 0 aliphatic heterocycles. The first-order chi connectivity index (χ1) is 6.65. The molecule has 2 nitrogen and oxygen atoms in total. The first-order valence-electron chi connectivity index (χ1n) is 5.08. The predicted molar refractivity (Wildman–Crippen MR) is 57.5 cm³/mol. The van der Waals surface area contributed by atoms with Crippen molar-refractivity contribution < 1.29 is 9.84 Å². The zero-order valence-corrected chi connectivity index (χ0v) is 9.03. The van der Waals surface area contributed by atoms with Gasteiger partial charge in [0.2, 0.25) is 0 Å². The van der Waals surface area contributed by atoms with Gasteiger partial charge in [-0.2, -0.15) is 0 Å². The van der Waals surface area contributed by atoms with Crippen molar-refractivity contribution in [2.75, 3.05) is 0 Å². The lowest BCUT2D eigenvalue weighted by molar-refractivity contribution is 0.162. The van der Waals surface area contributed by atoms with Crippen LogP contribution in [-0.4, -0.2) is 11.2 Å². The maximum atomic E-state index is 9.74. The molecule has 1 aromatic carbocycles. The average Bonchev–Trinajstić information content (AvgIpc) is 2.16. The van der Waals surface area contributed by atoms with Gasteiger partial charge in [-0.25, -0.2) is 0 Å². The largest absolute Gasteiger partial charge is 0.491 e. The lowest BCUT2D eigenvalue weighted by Crippen LogP contribution is -2.08. The van der Waals surface area contributed by atoms with E-state index < -0.39 is 6.10 Å². The summed E-state index contributed by atoms with van der Waals surface area (Å²) in [5.41, 5.74) is 0.878. The fourth-order valence-electron chi connectivity index (χ4n) is 1.34. The number of ether oxygens (including phenoxy) is 1. The van der Waals surface area contributed by atoms with Crippen LogP contribution in [0.25, 0.3) is 0 Å². The molecular weight excluding hydrogens is 176 g/mol. The molecule has 0 heterocycles. The Morgan fingerprint density at radius 1 is 1.29 bits per heavy atom. The Kier molecular flexibility index (Phi) is 3.96. The molecule has 1 N–H and O–H groups in total. The molecule has 0 aliphatic rings. The Balaban J connectivity index is 2.91. The second kappa shape index (κ2) is 5.01. The van der Waals surface area contributed by atoms with E-state index in [1.165, 1.54) is 0 Å². The van der Waals surface area contributed by atoms with Crippen LogP contribution in [0.4, 0.5) is 0 Å². The van der Waals surface area contributed by atoms with E-state index in [-0.39, 0.29) is 6.10 Å². The lowest BCUT2D eigenvalue weighted by Gasteiger charge is -2.16. The first kappa shape index (κ1) is 11.1. The van der Waals surface area contributed by atoms with E-state index in [9.17, 15) is 5.11 Å². The van der Waals surface area contributed by atoms with Gasteiger partial charge in [0.15, 0.2) is 0 Å². The zero-order valence-electron chi connectivity index (χ0n) is 9.03. The second-order valence-corrected chi connectivity index (χ2v) is 3.63. The molecule has 1 aromatic rings. The maximum Gasteiger partial charge on any atom is 0.125 e. The summed E-state index contributed by atoms with van der Waals surface area (Å²) in [5, 5.41) is 9.74. The number of hydrogen-bond donors (Lipinski definition) is 1. The van der Waals surface area contributed by atoms with Crippen molar-refractivity contribution in [1.82, 2.24) is 0 Å². The average molecular weight is 194 g/mol. The van der Waals surface area contributed by atoms with Gasteiger partial charge < -0.3 is 9.84 Å². The summed E-state index contributed by atoms with van der Waals surface area (Å²) < 4.78 is 5.61. The zero-order chi connectivity index (χ0) is 10.6. The van der Waals surface area contributed by atoms with Crippen LogP contribution < -0.4 is 4.74 Å². The molecule has 78 valence electrons. The first-order valence-corrected chi connectivity index (χ1v) is 5.08. The lowest BCUT2D eigenvalue weighted by atomic mass is 10.1. The second-order valence-electron chi connectivity index (χ2n) is 3.63. The van der Waals surface area contributed by atoms with E-state index in [0.717, 1.165) is 11.3 Å². The third kappa shape index (κ3) is 2.74. The Morgan fingerprint density at radius 3 is 2.50 bits per heavy atom. The SMILES string of the molecule is CC[C@@H](O)c1ccccc1OC(C)C. The van der Waals surface area contributed by atoms with Crippen LogP contribution in [0.5, 0.6) is 5.75 Å². The van der Waals surface area contributed by atoms with E-state index in [1.807, 2.05) is 45.0 Å². The Morgan fingerprint density at radius 2 is 1.93 bits per heavy atom. The van der Waals surface area contributed by atoms with Crippen molar-refractivity contribution in [3.8, 4) is 5.75 Å². The molecule has 0 bridgehead atoms. The molecule has 1 atom stereocenters. The third-order valence-corrected chi connectivity index (χ3v) is 2.03. The van der Waals surface area contributed by atoms with Crippen LogP contribution in [-0.2, 0) is 0 Å². The summed E-state index contributed by atoms with van der Waals surface area (Å²) >= 11 is 0. The minimum atomic E-state index is -0.426. The molecule has 0 aliphatic carbocycles. The van der Waals surface area contributed by atoms with Gasteiger partial charge in [-0.05, 0) is 26.3 Å². The van der Waals surface area contributed by atoms with Crippen LogP contribution in [0.3, 0.4) is 0 Å². The predicted octanol–water partition coefficient (Wildman–Crippen LogP) is 2.92. The molecule has 0 spiro atoms. The Hall–Kier alpha value is -1.02. The van der Waals surface area contributed by atoms with Crippen LogP contribution in [0.15, 0.2) is 24.3 Å². The van der Waals surface area contributed by atoms with Gasteiger partial charge in [-0.3, -0.25) is 0 Å². The highest BCUT2D eigenvalue weighted by atomic mass is 16.5. The molecule has 0 radical (unpaired) electrons. The molecule has 2 heteroatoms. The van der Waals surface area contributed by atoms with Gasteiger partial charge >= 0.3 is 0 Å². The van der Waals surface area contributed by atoms with Crippen molar-refractivity contribution in [1.29, 1.82) is 0 Å². The van der Waals surface area contributed by atoms with E-state index in [1.54, 1.807) is 0 Å². The number of hydrogen-bond acceptors (Lipinski definition) is 2. The number of rotatable bonds is 4. The fraction of sp³-hybridized carbons (Fsp3) is 0.500. The van der Waals surface area contributed by atoms with Gasteiger partial charge in [0.05, 0.1) is 12.2 Å². The molecular formula is C12H18O2. The van der Waals surface area contributed by atoms with Crippen molar-refractivity contribution in [3.63, 3.8) is 0 Å². The standard InChI is InChI=1S/C12H18O2/c1-4-11(13)10-7-5-6-8-12(10)14-9(2)3/h5-9,11,13H,4H2,1-3H3/t11-/m1/s1. The Labute approximate surface area is 85.5 Å². The van der Waals surface area contributed by atoms with E-state index in [4.69, 9.17) is 4.74 Å². The highest BCUT2D eigenvalue weighted by Crippen LogP contribution is 2.27. The van der Waals surface area contributed by atoms with Gasteiger partial charge in [0.25, 0.3) is 0 Å². The highest BCUT2D eigenvalue weighted by Gasteiger charge is 2.11. The Bertz CT molecular complexity index is 281. The van der Waals surface area contributed by atoms with Crippen molar-refractivity contribution in [2.24, 2.45) is 0 Å². The fourth-order valence-corrected chi connectivity index (χ4v) is 1.34. The summed E-state index contributed by atoms with van der Waals surface area (Å²) in [5.74, 6) is 0.789. The minimum absolute atomic E-state index is 0.139. The molecule has 0 saturated heterocycles. The molecule has 0 unspecified atom stereocenters. The summed E-state index contributed by atoms with van der Waals surface area (Å²) in [6, 6.07) is 7.64. The number of aliphatic hydroxyl groups excluding tert-OH is 1. The third-order valence-electron chi connectivity index (χ3n) is 2.03. The monoisotopic (exact) mass is 194 g/mol. The molecule has 0 saturated carbocycles. The van der Waals surface area contributed by atoms with Gasteiger partial charge in [-0.1, -0.05) is 25.1 Å². The molecule has 0 fully saturated rings.